The lowest BCUT2D eigenvalue weighted by Crippen LogP contribution is -2.15. The molecular formula is C22H42O7. The number of Topliss-reactive ketones (excluding diaryl/α,β-unsaturated/α-hetero) is 2. The van der Waals surface area contributed by atoms with E-state index in [1.54, 1.807) is 0 Å². The number of carbonyl (C=O) groups is 2. The molecule has 0 aliphatic carbocycles. The summed E-state index contributed by atoms with van der Waals surface area (Å²) in [6.45, 7) is 12.7. The average Bonchev–Trinajstić information content (AvgIpc) is 2.68. The molecule has 0 radical (unpaired) electrons. The fourth-order valence-corrected chi connectivity index (χ4v) is 2.22. The molecule has 0 saturated heterocycles. The summed E-state index contributed by atoms with van der Waals surface area (Å²) in [6, 6.07) is 0. The standard InChI is InChI=1S/C22H42O7/c1-19(2)7-8-21(23)18-29-17-16-28-15-14-27-13-12-26-11-10-25-9-5-6-22(24)20(3)4/h19-20H,5-18H2,1-4H3. The molecular weight excluding hydrogens is 376 g/mol. The van der Waals surface area contributed by atoms with Gasteiger partial charge in [-0.1, -0.05) is 27.7 Å². The van der Waals surface area contributed by atoms with Crippen LogP contribution in [0.1, 0.15) is 53.4 Å². The van der Waals surface area contributed by atoms with Gasteiger partial charge in [-0.2, -0.15) is 0 Å². The minimum absolute atomic E-state index is 0.104. The number of hydrogen-bond acceptors (Lipinski definition) is 7. The third kappa shape index (κ3) is 21.7. The van der Waals surface area contributed by atoms with Gasteiger partial charge in [-0.05, 0) is 18.8 Å². The smallest absolute Gasteiger partial charge is 0.158 e. The van der Waals surface area contributed by atoms with E-state index in [1.807, 2.05) is 13.8 Å². The highest BCUT2D eigenvalue weighted by molar-refractivity contribution is 5.80. The molecule has 0 aliphatic heterocycles. The molecule has 0 amide bonds. The first-order valence-corrected chi connectivity index (χ1v) is 10.9. The van der Waals surface area contributed by atoms with Crippen molar-refractivity contribution in [1.82, 2.24) is 0 Å². The Labute approximate surface area is 176 Å². The molecule has 0 N–H and O–H groups in total. The molecule has 0 spiro atoms. The molecule has 172 valence electrons. The second kappa shape index (κ2) is 20.4. The van der Waals surface area contributed by atoms with Crippen molar-refractivity contribution in [3.05, 3.63) is 0 Å². The van der Waals surface area contributed by atoms with E-state index < -0.39 is 0 Å². The van der Waals surface area contributed by atoms with Crippen LogP contribution in [-0.4, -0.2) is 77.6 Å². The molecule has 0 atom stereocenters. The summed E-state index contributed by atoms with van der Waals surface area (Å²) in [5.74, 6) is 1.07. The highest BCUT2D eigenvalue weighted by atomic mass is 16.6. The minimum Gasteiger partial charge on any atom is -0.379 e. The first kappa shape index (κ1) is 28.1. The van der Waals surface area contributed by atoms with Crippen LogP contribution in [-0.2, 0) is 33.3 Å². The molecule has 0 heterocycles. The van der Waals surface area contributed by atoms with Gasteiger partial charge in [0.25, 0.3) is 0 Å². The summed E-state index contributed by atoms with van der Waals surface area (Å²) in [6.07, 6.45) is 2.84. The highest BCUT2D eigenvalue weighted by Crippen LogP contribution is 2.04. The number of ketones is 2. The van der Waals surface area contributed by atoms with Crippen molar-refractivity contribution in [2.45, 2.75) is 53.4 Å². The van der Waals surface area contributed by atoms with E-state index in [9.17, 15) is 9.59 Å². The third-order valence-corrected chi connectivity index (χ3v) is 4.11. The van der Waals surface area contributed by atoms with Gasteiger partial charge in [0.2, 0.25) is 0 Å². The molecule has 29 heavy (non-hydrogen) atoms. The Kier molecular flexibility index (Phi) is 19.8. The van der Waals surface area contributed by atoms with Crippen molar-refractivity contribution in [3.8, 4) is 0 Å². The summed E-state index contributed by atoms with van der Waals surface area (Å²) in [7, 11) is 0. The topological polar surface area (TPSA) is 80.3 Å². The zero-order chi connectivity index (χ0) is 21.7. The van der Waals surface area contributed by atoms with E-state index in [0.29, 0.717) is 78.2 Å². The van der Waals surface area contributed by atoms with E-state index in [-0.39, 0.29) is 24.1 Å². The Morgan fingerprint density at radius 1 is 0.621 bits per heavy atom. The Morgan fingerprint density at radius 3 is 1.52 bits per heavy atom. The van der Waals surface area contributed by atoms with Gasteiger partial charge in [0.05, 0.1) is 52.9 Å². The van der Waals surface area contributed by atoms with Crippen LogP contribution >= 0.6 is 0 Å². The lowest BCUT2D eigenvalue weighted by molar-refractivity contribution is -0.124. The quantitative estimate of drug-likeness (QED) is 0.250. The summed E-state index contributed by atoms with van der Waals surface area (Å²) in [4.78, 5) is 23.0. The summed E-state index contributed by atoms with van der Waals surface area (Å²) < 4.78 is 26.9. The van der Waals surface area contributed by atoms with Gasteiger partial charge in [-0.15, -0.1) is 0 Å². The van der Waals surface area contributed by atoms with E-state index in [2.05, 4.69) is 13.8 Å². The van der Waals surface area contributed by atoms with Crippen LogP contribution in [0.3, 0.4) is 0 Å². The molecule has 0 rings (SSSR count). The van der Waals surface area contributed by atoms with Crippen molar-refractivity contribution in [1.29, 1.82) is 0 Å². The Morgan fingerprint density at radius 2 is 1.07 bits per heavy atom. The normalized spacial score (nSPS) is 11.5. The van der Waals surface area contributed by atoms with Crippen LogP contribution in [0.15, 0.2) is 0 Å². The third-order valence-electron chi connectivity index (χ3n) is 4.11. The van der Waals surface area contributed by atoms with Crippen LogP contribution in [0.4, 0.5) is 0 Å². The van der Waals surface area contributed by atoms with E-state index in [1.165, 1.54) is 0 Å². The predicted octanol–water partition coefficient (Wildman–Crippen LogP) is 3.08. The lowest BCUT2D eigenvalue weighted by atomic mass is 10.1. The molecule has 0 unspecified atom stereocenters. The molecule has 0 saturated carbocycles. The van der Waals surface area contributed by atoms with Crippen molar-refractivity contribution >= 4 is 11.6 Å². The minimum atomic E-state index is 0.104. The van der Waals surface area contributed by atoms with Gasteiger partial charge in [0, 0.05) is 25.4 Å². The van der Waals surface area contributed by atoms with E-state index >= 15 is 0 Å². The van der Waals surface area contributed by atoms with Gasteiger partial charge >= 0.3 is 0 Å². The molecule has 7 heteroatoms. The molecule has 0 bridgehead atoms. The Balaban J connectivity index is 3.15. The van der Waals surface area contributed by atoms with Crippen LogP contribution in [0, 0.1) is 11.8 Å². The number of hydrogen-bond donors (Lipinski definition) is 0. The molecule has 0 fully saturated rings. The molecule has 0 aromatic carbocycles. The van der Waals surface area contributed by atoms with Gasteiger partial charge in [-0.25, -0.2) is 0 Å². The van der Waals surface area contributed by atoms with Crippen LogP contribution in [0.25, 0.3) is 0 Å². The average molecular weight is 419 g/mol. The fourth-order valence-electron chi connectivity index (χ4n) is 2.22. The molecule has 7 nitrogen and oxygen atoms in total. The second-order valence-corrected chi connectivity index (χ2v) is 7.70. The summed E-state index contributed by atoms with van der Waals surface area (Å²) in [5.41, 5.74) is 0. The Hall–Kier alpha value is -0.860. The number of carbonyl (C=O) groups excluding carboxylic acids is 2. The zero-order valence-corrected chi connectivity index (χ0v) is 18.9. The maximum Gasteiger partial charge on any atom is 0.158 e. The van der Waals surface area contributed by atoms with E-state index in [4.69, 9.17) is 23.7 Å². The van der Waals surface area contributed by atoms with Gasteiger partial charge in [-0.3, -0.25) is 9.59 Å². The second-order valence-electron chi connectivity index (χ2n) is 7.70. The number of ether oxygens (including phenoxy) is 5. The van der Waals surface area contributed by atoms with Crippen LogP contribution in [0.2, 0.25) is 0 Å². The lowest BCUT2D eigenvalue weighted by Gasteiger charge is -2.08. The molecule has 0 aromatic heterocycles. The Bertz CT molecular complexity index is 397. The first-order chi connectivity index (χ1) is 13.9. The maximum absolute atomic E-state index is 11.5. The van der Waals surface area contributed by atoms with Gasteiger partial charge in [0.15, 0.2) is 5.78 Å². The van der Waals surface area contributed by atoms with Crippen molar-refractivity contribution < 1.29 is 33.3 Å². The van der Waals surface area contributed by atoms with Crippen molar-refractivity contribution in [3.63, 3.8) is 0 Å². The van der Waals surface area contributed by atoms with Crippen molar-refractivity contribution in [2.24, 2.45) is 11.8 Å². The van der Waals surface area contributed by atoms with Crippen molar-refractivity contribution in [2.75, 3.05) is 66.1 Å². The highest BCUT2D eigenvalue weighted by Gasteiger charge is 2.06. The summed E-state index contributed by atoms with van der Waals surface area (Å²) in [5, 5.41) is 0. The zero-order valence-electron chi connectivity index (χ0n) is 18.9. The molecule has 0 aliphatic rings. The van der Waals surface area contributed by atoms with Gasteiger partial charge in [0.1, 0.15) is 12.4 Å². The largest absolute Gasteiger partial charge is 0.379 e. The fraction of sp³-hybridized carbons (Fsp3) is 0.909. The van der Waals surface area contributed by atoms with Crippen LogP contribution < -0.4 is 0 Å². The molecule has 0 aromatic rings. The number of rotatable bonds is 22. The maximum atomic E-state index is 11.5. The van der Waals surface area contributed by atoms with E-state index in [0.717, 1.165) is 12.8 Å². The predicted molar refractivity (Wildman–Crippen MR) is 112 cm³/mol. The monoisotopic (exact) mass is 418 g/mol. The van der Waals surface area contributed by atoms with Crippen LogP contribution in [0.5, 0.6) is 0 Å². The van der Waals surface area contributed by atoms with Gasteiger partial charge < -0.3 is 23.7 Å². The SMILES string of the molecule is CC(C)CCC(=O)COCCOCCOCCOCCOCCCC(=O)C(C)C. The summed E-state index contributed by atoms with van der Waals surface area (Å²) >= 11 is 0. The first-order valence-electron chi connectivity index (χ1n) is 10.9.